The highest BCUT2D eigenvalue weighted by atomic mass is 35.6. The number of benzene rings is 1. The molecule has 3 rings (SSSR count). The van der Waals surface area contributed by atoms with Gasteiger partial charge in [-0.15, -0.1) is 0 Å². The van der Waals surface area contributed by atoms with Gasteiger partial charge in [-0.25, -0.2) is 4.79 Å². The lowest BCUT2D eigenvalue weighted by Gasteiger charge is -2.36. The maximum Gasteiger partial charge on any atom is 0.389 e. The van der Waals surface area contributed by atoms with Crippen molar-refractivity contribution in [1.82, 2.24) is 10.2 Å². The van der Waals surface area contributed by atoms with Crippen molar-refractivity contribution in [3.8, 4) is 11.5 Å². The van der Waals surface area contributed by atoms with E-state index < -0.39 is 15.7 Å². The molecule has 2 amide bonds. The van der Waals surface area contributed by atoms with Crippen LogP contribution < -0.4 is 14.8 Å². The molecule has 9 heteroatoms. The van der Waals surface area contributed by atoms with E-state index in [1.54, 1.807) is 11.0 Å². The molecule has 0 radical (unpaired) electrons. The van der Waals surface area contributed by atoms with Crippen molar-refractivity contribution < 1.29 is 19.0 Å². The molecule has 0 bridgehead atoms. The number of nitrogens with zero attached hydrogens (tertiary/aromatic N) is 1. The molecule has 0 spiro atoms. The minimum atomic E-state index is -2.06. The zero-order valence-corrected chi connectivity index (χ0v) is 17.0. The number of nitrogens with one attached hydrogen (secondary N) is 1. The number of carbonyl (C=O) groups excluding carboxylic acids is 1. The zero-order valence-electron chi connectivity index (χ0n) is 14.8. The Morgan fingerprint density at radius 3 is 2.31 bits per heavy atom. The van der Waals surface area contributed by atoms with Gasteiger partial charge in [0.05, 0.1) is 13.2 Å². The first-order valence-electron chi connectivity index (χ1n) is 8.26. The van der Waals surface area contributed by atoms with E-state index in [1.807, 2.05) is 12.1 Å². The number of rotatable bonds is 1. The van der Waals surface area contributed by atoms with Crippen molar-refractivity contribution in [2.75, 3.05) is 26.3 Å². The lowest BCUT2D eigenvalue weighted by atomic mass is 9.87. The van der Waals surface area contributed by atoms with Crippen LogP contribution >= 0.6 is 34.8 Å². The number of fused-ring (bicyclic) bond motifs is 1. The molecule has 1 aromatic rings. The van der Waals surface area contributed by atoms with Crippen LogP contribution in [0.3, 0.4) is 0 Å². The third kappa shape index (κ3) is 3.79. The van der Waals surface area contributed by atoms with Crippen molar-refractivity contribution >= 4 is 40.8 Å². The topological polar surface area (TPSA) is 60.0 Å². The van der Waals surface area contributed by atoms with Gasteiger partial charge < -0.3 is 19.1 Å². The van der Waals surface area contributed by atoms with Gasteiger partial charge in [0.25, 0.3) is 3.79 Å². The first kappa shape index (κ1) is 19.7. The molecule has 1 atom stereocenters. The Hall–Kier alpha value is -1.08. The number of alkyl halides is 3. The average molecular weight is 424 g/mol. The second kappa shape index (κ2) is 6.82. The van der Waals surface area contributed by atoms with Crippen LogP contribution in [0, 0.1) is 0 Å². The van der Waals surface area contributed by atoms with Gasteiger partial charge >= 0.3 is 11.9 Å². The number of carbonyl (C=O) groups is 1. The molecule has 1 unspecified atom stereocenters. The SMILES string of the molecule is CC(C)(C)c1ccc2c(c1)OC(NC(=O)N1CCOCC1)(C(Cl)(Cl)Cl)O2. The lowest BCUT2D eigenvalue weighted by Crippen LogP contribution is -2.66. The van der Waals surface area contributed by atoms with Crippen molar-refractivity contribution in [1.29, 1.82) is 0 Å². The summed E-state index contributed by atoms with van der Waals surface area (Å²) >= 11 is 18.4. The summed E-state index contributed by atoms with van der Waals surface area (Å²) in [6.07, 6.45) is 0. The number of ether oxygens (including phenoxy) is 3. The van der Waals surface area contributed by atoms with Crippen LogP contribution in [-0.4, -0.2) is 46.9 Å². The van der Waals surface area contributed by atoms with Crippen molar-refractivity contribution in [2.24, 2.45) is 0 Å². The highest BCUT2D eigenvalue weighted by molar-refractivity contribution is 6.68. The van der Waals surface area contributed by atoms with Gasteiger partial charge in [0, 0.05) is 13.1 Å². The van der Waals surface area contributed by atoms with E-state index in [9.17, 15) is 4.79 Å². The first-order chi connectivity index (χ1) is 12.0. The molecule has 0 aliphatic carbocycles. The monoisotopic (exact) mass is 422 g/mol. The Morgan fingerprint density at radius 2 is 1.73 bits per heavy atom. The number of morpholine rings is 1. The van der Waals surface area contributed by atoms with E-state index in [4.69, 9.17) is 49.0 Å². The number of urea groups is 1. The molecule has 2 aliphatic rings. The van der Waals surface area contributed by atoms with Crippen LogP contribution in [0.4, 0.5) is 4.79 Å². The van der Waals surface area contributed by atoms with Gasteiger partial charge in [-0.3, -0.25) is 5.32 Å². The van der Waals surface area contributed by atoms with Crippen LogP contribution in [0.15, 0.2) is 18.2 Å². The van der Waals surface area contributed by atoms with Gasteiger partial charge in [0.15, 0.2) is 11.5 Å². The molecule has 2 aliphatic heterocycles. The van der Waals surface area contributed by atoms with Crippen molar-refractivity contribution in [3.05, 3.63) is 23.8 Å². The number of hydrogen-bond acceptors (Lipinski definition) is 4. The summed E-state index contributed by atoms with van der Waals surface area (Å²) in [4.78, 5) is 14.2. The van der Waals surface area contributed by atoms with Crippen LogP contribution in [0.1, 0.15) is 26.3 Å². The van der Waals surface area contributed by atoms with Crippen molar-refractivity contribution in [2.45, 2.75) is 35.9 Å². The quantitative estimate of drug-likeness (QED) is 0.698. The lowest BCUT2D eigenvalue weighted by molar-refractivity contribution is -0.0971. The Balaban J connectivity index is 1.86. The predicted molar refractivity (Wildman–Crippen MR) is 100 cm³/mol. The van der Waals surface area contributed by atoms with Crippen LogP contribution in [0.2, 0.25) is 0 Å². The van der Waals surface area contributed by atoms with E-state index in [1.165, 1.54) is 0 Å². The van der Waals surface area contributed by atoms with E-state index >= 15 is 0 Å². The Bertz CT molecular complexity index is 696. The first-order valence-corrected chi connectivity index (χ1v) is 9.39. The fourth-order valence-corrected chi connectivity index (χ4v) is 3.07. The van der Waals surface area contributed by atoms with Crippen LogP contribution in [0.25, 0.3) is 0 Å². The summed E-state index contributed by atoms with van der Waals surface area (Å²) in [5.74, 6) is -1.15. The summed E-state index contributed by atoms with van der Waals surface area (Å²) in [5, 5.41) is 2.60. The second-order valence-corrected chi connectivity index (χ2v) is 9.54. The Labute approximate surface area is 167 Å². The van der Waals surface area contributed by atoms with Gasteiger partial charge in [0.1, 0.15) is 0 Å². The predicted octanol–water partition coefficient (Wildman–Crippen LogP) is 3.82. The summed E-state index contributed by atoms with van der Waals surface area (Å²) in [6, 6.07) is 5.03. The van der Waals surface area contributed by atoms with Gasteiger partial charge in [-0.1, -0.05) is 61.6 Å². The molecule has 1 N–H and O–H groups in total. The molecular formula is C17H21Cl3N2O4. The Kier molecular flexibility index (Phi) is 5.16. The molecule has 2 heterocycles. The number of hydrogen-bond donors (Lipinski definition) is 1. The number of amides is 2. The molecule has 144 valence electrons. The second-order valence-electron chi connectivity index (χ2n) is 7.26. The molecule has 1 saturated heterocycles. The third-order valence-corrected chi connectivity index (χ3v) is 5.01. The molecule has 1 aromatic carbocycles. The standard InChI is InChI=1S/C17H21Cl3N2O4/c1-15(2,3)11-4-5-12-13(10-11)26-17(25-12,16(18,19)20)21-14(23)22-6-8-24-9-7-22/h4-5,10H,6-9H2,1-3H3,(H,21,23). The summed E-state index contributed by atoms with van der Waals surface area (Å²) < 4.78 is 14.8. The fourth-order valence-electron chi connectivity index (χ4n) is 2.69. The third-order valence-electron chi connectivity index (χ3n) is 4.26. The molecule has 1 fully saturated rings. The highest BCUT2D eigenvalue weighted by Gasteiger charge is 2.60. The zero-order chi connectivity index (χ0) is 19.2. The summed E-state index contributed by atoms with van der Waals surface area (Å²) in [7, 11) is 0. The number of halogens is 3. The molecule has 0 saturated carbocycles. The van der Waals surface area contributed by atoms with E-state index in [0.29, 0.717) is 37.8 Å². The van der Waals surface area contributed by atoms with Crippen LogP contribution in [-0.2, 0) is 10.2 Å². The minimum Gasteiger partial charge on any atom is -0.428 e. The molecule has 0 aromatic heterocycles. The summed E-state index contributed by atoms with van der Waals surface area (Å²) in [5.41, 5.74) is 0.931. The maximum atomic E-state index is 12.6. The fraction of sp³-hybridized carbons (Fsp3) is 0.588. The van der Waals surface area contributed by atoms with E-state index in [2.05, 4.69) is 26.1 Å². The van der Waals surface area contributed by atoms with Gasteiger partial charge in [-0.05, 0) is 23.1 Å². The average Bonchev–Trinajstić information content (AvgIpc) is 2.93. The van der Waals surface area contributed by atoms with E-state index in [0.717, 1.165) is 5.56 Å². The van der Waals surface area contributed by atoms with Crippen molar-refractivity contribution in [3.63, 3.8) is 0 Å². The van der Waals surface area contributed by atoms with E-state index in [-0.39, 0.29) is 5.41 Å². The van der Waals surface area contributed by atoms with Gasteiger partial charge in [-0.2, -0.15) is 0 Å². The van der Waals surface area contributed by atoms with Crippen LogP contribution in [0.5, 0.6) is 11.5 Å². The largest absolute Gasteiger partial charge is 0.428 e. The minimum absolute atomic E-state index is 0.0966. The molecular weight excluding hydrogens is 403 g/mol. The maximum absolute atomic E-state index is 12.6. The van der Waals surface area contributed by atoms with Gasteiger partial charge in [0.2, 0.25) is 0 Å². The molecule has 26 heavy (non-hydrogen) atoms. The highest BCUT2D eigenvalue weighted by Crippen LogP contribution is 2.49. The normalized spacial score (nSPS) is 23.1. The Morgan fingerprint density at radius 1 is 1.12 bits per heavy atom. The smallest absolute Gasteiger partial charge is 0.389 e. The summed E-state index contributed by atoms with van der Waals surface area (Å²) in [6.45, 7) is 7.99. The molecule has 6 nitrogen and oxygen atoms in total.